The maximum Gasteiger partial charge on any atom is 0.168 e. The number of hydrogen-bond donors (Lipinski definition) is 4. The Balaban J connectivity index is 0.000000157. The van der Waals surface area contributed by atoms with E-state index in [0.29, 0.717) is 51.0 Å². The van der Waals surface area contributed by atoms with E-state index in [1.165, 1.54) is 12.8 Å². The maximum atomic E-state index is 14.8. The second kappa shape index (κ2) is 14.1. The molecule has 1 saturated carbocycles. The molecule has 0 radical (unpaired) electrons. The average Bonchev–Trinajstić information content (AvgIpc) is 3.92. The van der Waals surface area contributed by atoms with Crippen LogP contribution in [0.3, 0.4) is 0 Å². The summed E-state index contributed by atoms with van der Waals surface area (Å²) in [4.78, 5) is 0. The van der Waals surface area contributed by atoms with Crippen molar-refractivity contribution in [2.45, 2.75) is 40.0 Å². The van der Waals surface area contributed by atoms with E-state index in [0.717, 1.165) is 41.9 Å². The van der Waals surface area contributed by atoms with Crippen LogP contribution in [0.1, 0.15) is 40.0 Å². The Morgan fingerprint density at radius 2 is 1.26 bits per heavy atom. The number of hydrogen-bond acceptors (Lipinski definition) is 4. The predicted molar refractivity (Wildman–Crippen MR) is 203 cm³/mol. The molecule has 258 valence electrons. The number of benzene rings is 4. The van der Waals surface area contributed by atoms with Gasteiger partial charge in [-0.05, 0) is 65.7 Å². The number of nitrogens with one attached hydrogen (secondary N) is 4. The normalized spacial score (nSPS) is 18.1. The van der Waals surface area contributed by atoms with Crippen molar-refractivity contribution in [2.75, 3.05) is 23.7 Å². The molecular weight excluding hydrogens is 673 g/mol. The van der Waals surface area contributed by atoms with Gasteiger partial charge in [0.15, 0.2) is 23.3 Å². The Kier molecular flexibility index (Phi) is 9.59. The quantitative estimate of drug-likeness (QED) is 0.118. The number of fused-ring (bicyclic) bond motifs is 4. The van der Waals surface area contributed by atoms with Crippen molar-refractivity contribution in [3.8, 4) is 22.3 Å². The number of allylic oxidation sites excluding steroid dienone is 2. The van der Waals surface area contributed by atoms with Gasteiger partial charge in [0, 0.05) is 35.0 Å². The lowest BCUT2D eigenvalue weighted by Gasteiger charge is -2.18. The predicted octanol–water partition coefficient (Wildman–Crippen LogP) is 11.5. The summed E-state index contributed by atoms with van der Waals surface area (Å²) in [6.45, 7) is 8.18. The number of aromatic amines is 2. The number of nitrogens with zero attached hydrogens (tertiary/aromatic N) is 2. The van der Waals surface area contributed by atoms with Crippen molar-refractivity contribution in [2.24, 2.45) is 23.2 Å². The number of anilines is 2. The van der Waals surface area contributed by atoms with Crippen LogP contribution >= 0.6 is 23.2 Å². The van der Waals surface area contributed by atoms with Crippen LogP contribution in [0, 0.1) is 34.8 Å². The van der Waals surface area contributed by atoms with Crippen molar-refractivity contribution in [1.82, 2.24) is 20.4 Å². The highest BCUT2D eigenvalue weighted by atomic mass is 35.5. The van der Waals surface area contributed by atoms with Crippen LogP contribution in [0.25, 0.3) is 44.1 Å². The van der Waals surface area contributed by atoms with Crippen LogP contribution in [0.2, 0.25) is 10.0 Å². The van der Waals surface area contributed by atoms with E-state index in [1.54, 1.807) is 0 Å². The fourth-order valence-electron chi connectivity index (χ4n) is 7.03. The summed E-state index contributed by atoms with van der Waals surface area (Å²) in [6.07, 6.45) is 8.18. The zero-order valence-corrected chi connectivity index (χ0v) is 29.8. The van der Waals surface area contributed by atoms with Gasteiger partial charge in [-0.1, -0.05) is 117 Å². The van der Waals surface area contributed by atoms with E-state index < -0.39 is 11.6 Å². The molecule has 3 unspecified atom stereocenters. The molecule has 2 aromatic heterocycles. The molecule has 0 spiro atoms. The van der Waals surface area contributed by atoms with Crippen LogP contribution in [-0.2, 0) is 0 Å². The molecule has 2 heterocycles. The van der Waals surface area contributed by atoms with Gasteiger partial charge < -0.3 is 10.6 Å². The van der Waals surface area contributed by atoms with E-state index >= 15 is 0 Å². The largest absolute Gasteiger partial charge is 0.368 e. The van der Waals surface area contributed by atoms with Crippen LogP contribution in [0.15, 0.2) is 84.9 Å². The van der Waals surface area contributed by atoms with Crippen molar-refractivity contribution >= 4 is 56.6 Å². The third-order valence-corrected chi connectivity index (χ3v) is 10.5. The van der Waals surface area contributed by atoms with Gasteiger partial charge in [-0.25, -0.2) is 8.78 Å². The van der Waals surface area contributed by atoms with Gasteiger partial charge in [-0.15, -0.1) is 0 Å². The fourth-order valence-corrected chi connectivity index (χ4v) is 7.54. The lowest BCUT2D eigenvalue weighted by molar-refractivity contribution is 0.389. The molecule has 2 aliphatic rings. The second-order valence-electron chi connectivity index (χ2n) is 14.5. The number of rotatable bonds is 8. The lowest BCUT2D eigenvalue weighted by atomic mass is 9.92. The summed E-state index contributed by atoms with van der Waals surface area (Å²) in [5.74, 6) is 2.47. The summed E-state index contributed by atoms with van der Waals surface area (Å²) in [5, 5.41) is 22.5. The topological polar surface area (TPSA) is 81.4 Å². The van der Waals surface area contributed by atoms with Gasteiger partial charge in [0.25, 0.3) is 0 Å². The van der Waals surface area contributed by atoms with E-state index in [4.69, 9.17) is 23.2 Å². The van der Waals surface area contributed by atoms with Crippen molar-refractivity contribution in [3.05, 3.63) is 107 Å². The Morgan fingerprint density at radius 1 is 0.740 bits per heavy atom. The van der Waals surface area contributed by atoms with Crippen LogP contribution < -0.4 is 10.6 Å². The molecule has 2 bridgehead atoms. The van der Waals surface area contributed by atoms with E-state index in [-0.39, 0.29) is 15.5 Å². The summed E-state index contributed by atoms with van der Waals surface area (Å²) in [6, 6.07) is 23.0. The first-order valence-electron chi connectivity index (χ1n) is 17.1. The molecule has 3 atom stereocenters. The van der Waals surface area contributed by atoms with Crippen molar-refractivity contribution in [1.29, 1.82) is 0 Å². The van der Waals surface area contributed by atoms with E-state index in [9.17, 15) is 8.78 Å². The molecule has 0 aliphatic heterocycles. The maximum absolute atomic E-state index is 14.8. The smallest absolute Gasteiger partial charge is 0.168 e. The molecule has 0 amide bonds. The minimum absolute atomic E-state index is 0.110. The van der Waals surface area contributed by atoms with Crippen molar-refractivity contribution < 1.29 is 8.78 Å². The fraction of sp³-hybridized carbons (Fsp3) is 0.300. The van der Waals surface area contributed by atoms with E-state index in [1.807, 2.05) is 72.8 Å². The molecule has 10 heteroatoms. The first-order valence-corrected chi connectivity index (χ1v) is 17.8. The lowest BCUT2D eigenvalue weighted by Crippen LogP contribution is -2.18. The molecule has 0 saturated heterocycles. The Bertz CT molecular complexity index is 2150. The minimum atomic E-state index is -0.468. The highest BCUT2D eigenvalue weighted by Gasteiger charge is 2.35. The summed E-state index contributed by atoms with van der Waals surface area (Å²) in [7, 11) is 0. The van der Waals surface area contributed by atoms with Gasteiger partial charge in [0.05, 0.1) is 10.0 Å². The molecule has 1 fully saturated rings. The Morgan fingerprint density at radius 3 is 1.72 bits per heavy atom. The third-order valence-electron chi connectivity index (χ3n) is 9.77. The standard InChI is InChI=1S/C21H19ClFN3.C19H21ClFN3/c22-18-16(13-4-2-1-3-5-13)10-17-20(19(18)23)25-26-21(17)24-11-15-9-12-6-7-14(15)8-12;1-19(2,3)9-10-22-18-14-11-13(12-7-5-4-6-8-12)15(20)16(21)17(14)23-24-18/h1-7,10,12,14-15H,8-9,11H2,(H2,24,25,26);4-8,11H,9-10H2,1-3H3,(H2,22,23,24). The Labute approximate surface area is 300 Å². The molecule has 4 N–H and O–H groups in total. The monoisotopic (exact) mass is 712 g/mol. The van der Waals surface area contributed by atoms with Crippen LogP contribution in [0.4, 0.5) is 20.4 Å². The third kappa shape index (κ3) is 6.96. The van der Waals surface area contributed by atoms with Gasteiger partial charge in [0.1, 0.15) is 11.0 Å². The number of aromatic nitrogens is 4. The highest BCUT2D eigenvalue weighted by Crippen LogP contribution is 2.44. The molecule has 6 aromatic rings. The minimum Gasteiger partial charge on any atom is -0.368 e. The van der Waals surface area contributed by atoms with Gasteiger partial charge in [0.2, 0.25) is 0 Å². The molecule has 4 aromatic carbocycles. The zero-order valence-electron chi connectivity index (χ0n) is 28.3. The number of halogens is 4. The molecule has 2 aliphatic carbocycles. The summed E-state index contributed by atoms with van der Waals surface area (Å²) >= 11 is 12.5. The SMILES string of the molecule is CC(C)(C)CCNc1n[nH]c2c(F)c(Cl)c(-c3ccccc3)cc12.Fc1c(Cl)c(-c2ccccc2)cc2c(NCC3CC4C=CC3C4)n[nH]c12. The highest BCUT2D eigenvalue weighted by molar-refractivity contribution is 6.35. The van der Waals surface area contributed by atoms with Crippen molar-refractivity contribution in [3.63, 3.8) is 0 Å². The van der Waals surface area contributed by atoms with E-state index in [2.05, 4.69) is 64.0 Å². The van der Waals surface area contributed by atoms with Gasteiger partial charge >= 0.3 is 0 Å². The van der Waals surface area contributed by atoms with Crippen LogP contribution in [0.5, 0.6) is 0 Å². The summed E-state index contributed by atoms with van der Waals surface area (Å²) < 4.78 is 29.4. The molecular formula is C40H40Cl2F2N6. The zero-order chi connectivity index (χ0) is 35.0. The first kappa shape index (κ1) is 34.1. The van der Waals surface area contributed by atoms with Gasteiger partial charge in [-0.3, -0.25) is 10.2 Å². The molecule has 50 heavy (non-hydrogen) atoms. The van der Waals surface area contributed by atoms with Crippen LogP contribution in [-0.4, -0.2) is 33.5 Å². The summed E-state index contributed by atoms with van der Waals surface area (Å²) in [5.41, 5.74) is 4.03. The Hall–Kier alpha value is -4.40. The first-order chi connectivity index (χ1) is 24.1. The van der Waals surface area contributed by atoms with Gasteiger partial charge in [-0.2, -0.15) is 10.2 Å². The number of H-pyrrole nitrogens is 2. The molecule has 8 rings (SSSR count). The molecule has 6 nitrogen and oxygen atoms in total. The average molecular weight is 714 g/mol. The second-order valence-corrected chi connectivity index (χ2v) is 15.2.